The maximum Gasteiger partial charge on any atom is 0.311 e. The molecular weight excluding hydrogens is 390 g/mol. The third-order valence-electron chi connectivity index (χ3n) is 6.47. The number of nitrogens with zero attached hydrogens (tertiary/aromatic N) is 1. The van der Waals surface area contributed by atoms with Crippen LogP contribution in [0.15, 0.2) is 42.5 Å². The smallest absolute Gasteiger partial charge is 0.311 e. The van der Waals surface area contributed by atoms with Gasteiger partial charge >= 0.3 is 5.69 Å². The van der Waals surface area contributed by atoms with Crippen LogP contribution >= 0.6 is 0 Å². The zero-order chi connectivity index (χ0) is 22.2. The minimum absolute atomic E-state index is 0.00496. The van der Waals surface area contributed by atoms with Crippen molar-refractivity contribution in [1.29, 1.82) is 0 Å². The van der Waals surface area contributed by atoms with Gasteiger partial charge in [-0.1, -0.05) is 62.1 Å². The van der Waals surface area contributed by atoms with Crippen LogP contribution in [0.25, 0.3) is 11.1 Å². The number of rotatable bonds is 12. The minimum Gasteiger partial charge on any atom is -0.487 e. The number of carbonyl (C=O) groups is 1. The van der Waals surface area contributed by atoms with E-state index < -0.39 is 0 Å². The van der Waals surface area contributed by atoms with Crippen LogP contribution in [0.2, 0.25) is 0 Å². The molecule has 0 saturated heterocycles. The van der Waals surface area contributed by atoms with Crippen molar-refractivity contribution in [3.8, 4) is 16.9 Å². The van der Waals surface area contributed by atoms with Crippen molar-refractivity contribution in [2.24, 2.45) is 11.8 Å². The number of unbranched alkanes of at least 4 members (excludes halogenated alkanes) is 3. The van der Waals surface area contributed by atoms with Gasteiger partial charge < -0.3 is 4.74 Å². The molecule has 5 heteroatoms. The van der Waals surface area contributed by atoms with Crippen LogP contribution in [-0.4, -0.2) is 17.3 Å². The summed E-state index contributed by atoms with van der Waals surface area (Å²) in [6.45, 7) is 4.63. The summed E-state index contributed by atoms with van der Waals surface area (Å²) in [6.07, 6.45) is 7.80. The highest BCUT2D eigenvalue weighted by Gasteiger charge is 2.34. The number of ketones is 1. The topological polar surface area (TPSA) is 69.4 Å². The number of aryl methyl sites for hydroxylation is 1. The molecule has 0 heterocycles. The molecule has 0 radical (unpaired) electrons. The molecule has 1 saturated carbocycles. The third-order valence-corrected chi connectivity index (χ3v) is 6.47. The first kappa shape index (κ1) is 23.0. The van der Waals surface area contributed by atoms with Crippen molar-refractivity contribution in [3.63, 3.8) is 0 Å². The van der Waals surface area contributed by atoms with Crippen molar-refractivity contribution in [2.75, 3.05) is 6.61 Å². The second-order valence-electron chi connectivity index (χ2n) is 8.64. The lowest BCUT2D eigenvalue weighted by Gasteiger charge is -2.34. The van der Waals surface area contributed by atoms with E-state index in [1.807, 2.05) is 37.3 Å². The van der Waals surface area contributed by atoms with E-state index in [1.165, 1.54) is 6.42 Å². The van der Waals surface area contributed by atoms with Crippen LogP contribution in [0.5, 0.6) is 5.75 Å². The fourth-order valence-corrected chi connectivity index (χ4v) is 4.31. The number of carbonyl (C=O) groups excluding carboxylic acids is 1. The summed E-state index contributed by atoms with van der Waals surface area (Å²) < 4.78 is 5.72. The van der Waals surface area contributed by atoms with Crippen LogP contribution in [0, 0.1) is 28.9 Å². The molecule has 31 heavy (non-hydrogen) atoms. The van der Waals surface area contributed by atoms with Crippen molar-refractivity contribution in [1.82, 2.24) is 0 Å². The molecule has 2 atom stereocenters. The Labute approximate surface area is 185 Å². The number of hydrogen-bond acceptors (Lipinski definition) is 4. The summed E-state index contributed by atoms with van der Waals surface area (Å²) in [5.41, 5.74) is 2.90. The fraction of sp³-hybridized carbons (Fsp3) is 0.500. The summed E-state index contributed by atoms with van der Waals surface area (Å²) in [7, 11) is 0. The van der Waals surface area contributed by atoms with Crippen LogP contribution in [0.4, 0.5) is 5.69 Å². The number of Topliss-reactive ketones (excluding diaryl/α,β-unsaturated/α-hetero) is 1. The first-order chi connectivity index (χ1) is 15.0. The quantitative estimate of drug-likeness (QED) is 0.211. The molecule has 2 aromatic carbocycles. The van der Waals surface area contributed by atoms with Gasteiger partial charge in [0.1, 0.15) is 5.78 Å². The van der Waals surface area contributed by atoms with E-state index in [2.05, 4.69) is 6.92 Å². The van der Waals surface area contributed by atoms with Crippen LogP contribution < -0.4 is 4.74 Å². The second-order valence-corrected chi connectivity index (χ2v) is 8.64. The summed E-state index contributed by atoms with van der Waals surface area (Å²) in [5.74, 6) is 1.69. The van der Waals surface area contributed by atoms with Crippen molar-refractivity contribution in [3.05, 3.63) is 58.1 Å². The van der Waals surface area contributed by atoms with E-state index >= 15 is 0 Å². The van der Waals surface area contributed by atoms with Gasteiger partial charge in [-0.3, -0.25) is 14.9 Å². The molecule has 0 amide bonds. The van der Waals surface area contributed by atoms with Gasteiger partial charge in [0.25, 0.3) is 0 Å². The number of ether oxygens (including phenoxy) is 1. The van der Waals surface area contributed by atoms with Gasteiger partial charge in [0, 0.05) is 18.4 Å². The standard InChI is InChI=1S/C26H33NO4/c1-3-20-13-15-23(20)25(28)8-6-4-5-7-17-31-26-16-14-22(18-24(26)27(29)30)21-11-9-19(2)10-12-21/h9-12,14,16,18,20,23H,3-8,13,15,17H2,1-2H3. The van der Waals surface area contributed by atoms with Crippen molar-refractivity contribution in [2.45, 2.75) is 65.2 Å². The zero-order valence-corrected chi connectivity index (χ0v) is 18.6. The van der Waals surface area contributed by atoms with Gasteiger partial charge in [0.15, 0.2) is 5.75 Å². The SMILES string of the molecule is CCC1CCC1C(=O)CCCCCCOc1ccc(-c2ccc(C)cc2)cc1[N+](=O)[O-]. The average Bonchev–Trinajstić information content (AvgIpc) is 2.73. The number of nitro groups is 1. The molecule has 2 aromatic rings. The van der Waals surface area contributed by atoms with Crippen LogP contribution in [0.3, 0.4) is 0 Å². The Hall–Kier alpha value is -2.69. The zero-order valence-electron chi connectivity index (χ0n) is 18.6. The van der Waals surface area contributed by atoms with Gasteiger partial charge in [-0.15, -0.1) is 0 Å². The van der Waals surface area contributed by atoms with Crippen LogP contribution in [0.1, 0.15) is 63.9 Å². The molecule has 0 spiro atoms. The minimum atomic E-state index is -0.386. The second kappa shape index (κ2) is 11.1. The number of nitro benzene ring substituents is 1. The summed E-state index contributed by atoms with van der Waals surface area (Å²) in [5, 5.41) is 11.5. The maximum atomic E-state index is 12.2. The molecule has 0 N–H and O–H groups in total. The number of hydrogen-bond donors (Lipinski definition) is 0. The largest absolute Gasteiger partial charge is 0.487 e. The Kier molecular flexibility index (Phi) is 8.21. The van der Waals surface area contributed by atoms with Crippen molar-refractivity contribution < 1.29 is 14.5 Å². The van der Waals surface area contributed by atoms with Gasteiger partial charge in [-0.2, -0.15) is 0 Å². The lowest BCUT2D eigenvalue weighted by molar-refractivity contribution is -0.385. The molecule has 1 aliphatic rings. The Morgan fingerprint density at radius 2 is 1.74 bits per heavy atom. The van der Waals surface area contributed by atoms with Crippen molar-refractivity contribution >= 4 is 11.5 Å². The highest BCUT2D eigenvalue weighted by Crippen LogP contribution is 2.38. The number of benzene rings is 2. The lowest BCUT2D eigenvalue weighted by Crippen LogP contribution is -2.32. The molecule has 1 fully saturated rings. The molecule has 2 unspecified atom stereocenters. The maximum absolute atomic E-state index is 12.2. The Morgan fingerprint density at radius 1 is 1.03 bits per heavy atom. The van der Waals surface area contributed by atoms with E-state index in [0.29, 0.717) is 36.4 Å². The van der Waals surface area contributed by atoms with Gasteiger partial charge in [-0.05, 0) is 55.7 Å². The normalized spacial score (nSPS) is 17.7. The molecule has 0 aromatic heterocycles. The third kappa shape index (κ3) is 6.16. The first-order valence-corrected chi connectivity index (χ1v) is 11.5. The van der Waals surface area contributed by atoms with Crippen LogP contribution in [-0.2, 0) is 4.79 Å². The molecule has 0 aliphatic heterocycles. The fourth-order valence-electron chi connectivity index (χ4n) is 4.31. The highest BCUT2D eigenvalue weighted by molar-refractivity contribution is 5.82. The molecule has 166 valence electrons. The van der Waals surface area contributed by atoms with E-state index in [-0.39, 0.29) is 10.6 Å². The van der Waals surface area contributed by atoms with E-state index in [4.69, 9.17) is 4.74 Å². The summed E-state index contributed by atoms with van der Waals surface area (Å²) in [6, 6.07) is 13.0. The lowest BCUT2D eigenvalue weighted by atomic mass is 9.69. The van der Waals surface area contributed by atoms with E-state index in [9.17, 15) is 14.9 Å². The highest BCUT2D eigenvalue weighted by atomic mass is 16.6. The van der Waals surface area contributed by atoms with E-state index in [1.54, 1.807) is 12.1 Å². The van der Waals surface area contributed by atoms with Gasteiger partial charge in [0.05, 0.1) is 11.5 Å². The van der Waals surface area contributed by atoms with E-state index in [0.717, 1.165) is 55.2 Å². The molecule has 0 bridgehead atoms. The predicted molar refractivity (Wildman–Crippen MR) is 123 cm³/mol. The monoisotopic (exact) mass is 423 g/mol. The Morgan fingerprint density at radius 3 is 2.39 bits per heavy atom. The van der Waals surface area contributed by atoms with Gasteiger partial charge in [-0.25, -0.2) is 0 Å². The van der Waals surface area contributed by atoms with Gasteiger partial charge in [0.2, 0.25) is 0 Å². The Bertz CT molecular complexity index is 889. The average molecular weight is 424 g/mol. The molecule has 5 nitrogen and oxygen atoms in total. The molecular formula is C26H33NO4. The summed E-state index contributed by atoms with van der Waals surface area (Å²) >= 11 is 0. The predicted octanol–water partition coefficient (Wildman–Crippen LogP) is 6.90. The first-order valence-electron chi connectivity index (χ1n) is 11.5. The molecule has 1 aliphatic carbocycles. The Balaban J connectivity index is 1.42. The summed E-state index contributed by atoms with van der Waals surface area (Å²) in [4.78, 5) is 23.4. The molecule has 3 rings (SSSR count).